The van der Waals surface area contributed by atoms with E-state index in [1.54, 1.807) is 0 Å². The Kier molecular flexibility index (Phi) is 4.82. The van der Waals surface area contributed by atoms with E-state index < -0.39 is 0 Å². The maximum Gasteiger partial charge on any atom is 0.146 e. The van der Waals surface area contributed by atoms with E-state index in [0.717, 1.165) is 55.5 Å². The molecule has 0 saturated carbocycles. The molecular weight excluding hydrogens is 486 g/mol. The first-order valence-electron chi connectivity index (χ1n) is 13.5. The number of rotatable bonds is 4. The minimum atomic E-state index is 0.935. The van der Waals surface area contributed by atoms with Crippen LogP contribution in [0.25, 0.3) is 78.2 Å². The molecule has 8 aromatic rings. The van der Waals surface area contributed by atoms with Gasteiger partial charge < -0.3 is 4.57 Å². The Morgan fingerprint density at radius 1 is 0.550 bits per heavy atom. The molecule has 0 aliphatic carbocycles. The number of hydrogen-bond donors (Lipinski definition) is 0. The lowest BCUT2D eigenvalue weighted by Crippen LogP contribution is -1.97. The fraction of sp³-hybridized carbons (Fsp3) is 0. The van der Waals surface area contributed by atoms with Crippen molar-refractivity contribution in [1.29, 1.82) is 0 Å². The molecule has 3 nitrogen and oxygen atoms in total. The zero-order valence-electron chi connectivity index (χ0n) is 21.9. The first kappa shape index (κ1) is 22.6. The van der Waals surface area contributed by atoms with Gasteiger partial charge in [-0.25, -0.2) is 4.98 Å². The van der Waals surface area contributed by atoms with Crippen molar-refractivity contribution in [2.24, 2.45) is 0 Å². The molecule has 0 spiro atoms. The number of imidazole rings is 1. The van der Waals surface area contributed by atoms with Gasteiger partial charge in [-0.2, -0.15) is 0 Å². The van der Waals surface area contributed by atoms with Crippen molar-refractivity contribution in [2.45, 2.75) is 0 Å². The molecule has 3 heterocycles. The summed E-state index contributed by atoms with van der Waals surface area (Å²) < 4.78 is 4.55. The highest BCUT2D eigenvalue weighted by Crippen LogP contribution is 2.35. The highest BCUT2D eigenvalue weighted by atomic mass is 15.0. The van der Waals surface area contributed by atoms with Crippen molar-refractivity contribution in [3.63, 3.8) is 0 Å². The molecule has 0 N–H and O–H groups in total. The molecule has 3 aromatic heterocycles. The van der Waals surface area contributed by atoms with Crippen molar-refractivity contribution >= 4 is 61.4 Å². The number of benzene rings is 5. The van der Waals surface area contributed by atoms with Gasteiger partial charge in [0.1, 0.15) is 5.65 Å². The smallest absolute Gasteiger partial charge is 0.146 e. The maximum absolute atomic E-state index is 5.12. The Balaban J connectivity index is 1.29. The molecular formula is C37H25N3. The Labute approximate surface area is 231 Å². The van der Waals surface area contributed by atoms with E-state index in [-0.39, 0.29) is 0 Å². The van der Waals surface area contributed by atoms with Gasteiger partial charge in [0, 0.05) is 27.4 Å². The van der Waals surface area contributed by atoms with Crippen LogP contribution in [0.3, 0.4) is 0 Å². The number of nitrogens with zero attached hydrogens (tertiary/aromatic N) is 3. The van der Waals surface area contributed by atoms with E-state index in [1.807, 2.05) is 12.2 Å². The average Bonchev–Trinajstić information content (AvgIpc) is 3.56. The molecule has 0 unspecified atom stereocenters. The van der Waals surface area contributed by atoms with Gasteiger partial charge in [-0.15, -0.1) is 0 Å². The molecule has 8 rings (SSSR count). The van der Waals surface area contributed by atoms with Crippen LogP contribution in [0.1, 0.15) is 11.3 Å². The summed E-state index contributed by atoms with van der Waals surface area (Å²) in [6, 6.07) is 41.0. The maximum atomic E-state index is 5.12. The van der Waals surface area contributed by atoms with Gasteiger partial charge in [-0.05, 0) is 59.0 Å². The van der Waals surface area contributed by atoms with Crippen molar-refractivity contribution in [1.82, 2.24) is 14.0 Å². The molecule has 40 heavy (non-hydrogen) atoms. The second-order valence-corrected chi connectivity index (χ2v) is 10.1. The van der Waals surface area contributed by atoms with E-state index >= 15 is 0 Å². The summed E-state index contributed by atoms with van der Waals surface area (Å²) in [6.45, 7) is 8.21. The second kappa shape index (κ2) is 8.55. The summed E-state index contributed by atoms with van der Waals surface area (Å²) in [4.78, 5) is 5.12. The molecule has 0 saturated heterocycles. The predicted octanol–water partition coefficient (Wildman–Crippen LogP) is 9.69. The molecule has 0 radical (unpaired) electrons. The lowest BCUT2D eigenvalue weighted by atomic mass is 10.0. The van der Waals surface area contributed by atoms with Crippen LogP contribution in [0.4, 0.5) is 0 Å². The number of hydrogen-bond acceptors (Lipinski definition) is 1. The standard InChI is InChI=1S/C37H25N3/c1-3-27-28-11-5-6-14-31(28)37-38-32-23-25(19-22-36(32)40(37)33(27)4-2)24-17-20-26(21-18-24)39-34-15-9-7-12-29(34)30-13-8-10-16-35(30)39/h3-23H,1-2H2. The van der Waals surface area contributed by atoms with E-state index in [0.29, 0.717) is 0 Å². The van der Waals surface area contributed by atoms with E-state index in [1.165, 1.54) is 21.8 Å². The van der Waals surface area contributed by atoms with Crippen molar-refractivity contribution in [2.75, 3.05) is 0 Å². The van der Waals surface area contributed by atoms with Crippen molar-refractivity contribution in [3.05, 3.63) is 140 Å². The lowest BCUT2D eigenvalue weighted by molar-refractivity contribution is 1.18. The van der Waals surface area contributed by atoms with Crippen molar-refractivity contribution < 1.29 is 0 Å². The number of pyridine rings is 1. The summed E-state index contributed by atoms with van der Waals surface area (Å²) in [7, 11) is 0. The molecule has 0 aliphatic heterocycles. The molecule has 0 fully saturated rings. The molecule has 3 heteroatoms. The van der Waals surface area contributed by atoms with Gasteiger partial charge in [0.05, 0.1) is 27.8 Å². The molecule has 0 amide bonds. The molecule has 5 aromatic carbocycles. The van der Waals surface area contributed by atoms with Gasteiger partial charge >= 0.3 is 0 Å². The zero-order valence-corrected chi connectivity index (χ0v) is 21.9. The highest BCUT2D eigenvalue weighted by Gasteiger charge is 2.16. The largest absolute Gasteiger partial charge is 0.309 e. The van der Waals surface area contributed by atoms with Crippen LogP contribution in [0.2, 0.25) is 0 Å². The first-order valence-corrected chi connectivity index (χ1v) is 13.5. The highest BCUT2D eigenvalue weighted by molar-refractivity contribution is 6.09. The van der Waals surface area contributed by atoms with Gasteiger partial charge in [0.2, 0.25) is 0 Å². The molecule has 188 valence electrons. The van der Waals surface area contributed by atoms with Crippen LogP contribution in [0, 0.1) is 0 Å². The van der Waals surface area contributed by atoms with Crippen LogP contribution in [-0.2, 0) is 0 Å². The third-order valence-electron chi connectivity index (χ3n) is 8.07. The summed E-state index contributed by atoms with van der Waals surface area (Å²) in [6.07, 6.45) is 3.82. The Morgan fingerprint density at radius 3 is 1.80 bits per heavy atom. The van der Waals surface area contributed by atoms with Crippen LogP contribution < -0.4 is 0 Å². The van der Waals surface area contributed by atoms with Gasteiger partial charge in [0.25, 0.3) is 0 Å². The summed E-state index contributed by atoms with van der Waals surface area (Å²) >= 11 is 0. The fourth-order valence-electron chi connectivity index (χ4n) is 6.28. The SMILES string of the molecule is C=Cc1c(C=C)n2c3ccc(-c4ccc(-n5c6ccccc6c6ccccc65)cc4)cc3nc2c2ccccc12. The summed E-state index contributed by atoms with van der Waals surface area (Å²) in [5.41, 5.74) is 10.9. The van der Waals surface area contributed by atoms with Crippen molar-refractivity contribution in [3.8, 4) is 16.8 Å². The monoisotopic (exact) mass is 511 g/mol. The zero-order chi connectivity index (χ0) is 26.8. The third-order valence-corrected chi connectivity index (χ3v) is 8.07. The predicted molar refractivity (Wildman–Crippen MR) is 170 cm³/mol. The Morgan fingerprint density at radius 2 is 1.15 bits per heavy atom. The average molecular weight is 512 g/mol. The summed E-state index contributed by atoms with van der Waals surface area (Å²) in [5.74, 6) is 0. The van der Waals surface area contributed by atoms with E-state index in [9.17, 15) is 0 Å². The third kappa shape index (κ3) is 3.09. The molecule has 0 bridgehead atoms. The quantitative estimate of drug-likeness (QED) is 0.231. The number of fused-ring (bicyclic) bond motifs is 8. The number of aromatic nitrogens is 3. The molecule has 0 atom stereocenters. The minimum Gasteiger partial charge on any atom is -0.309 e. The normalized spacial score (nSPS) is 11.7. The lowest BCUT2D eigenvalue weighted by Gasteiger charge is -2.11. The Hall–Kier alpha value is -5.41. The molecule has 0 aliphatic rings. The van der Waals surface area contributed by atoms with Crippen LogP contribution in [0.5, 0.6) is 0 Å². The Bertz CT molecular complexity index is 2240. The van der Waals surface area contributed by atoms with E-state index in [2.05, 4.69) is 137 Å². The van der Waals surface area contributed by atoms with Crippen LogP contribution in [-0.4, -0.2) is 14.0 Å². The van der Waals surface area contributed by atoms with Gasteiger partial charge in [-0.3, -0.25) is 4.40 Å². The number of para-hydroxylation sites is 2. The van der Waals surface area contributed by atoms with Crippen LogP contribution >= 0.6 is 0 Å². The van der Waals surface area contributed by atoms with Crippen LogP contribution in [0.15, 0.2) is 128 Å². The van der Waals surface area contributed by atoms with E-state index in [4.69, 9.17) is 4.98 Å². The summed E-state index contributed by atoms with van der Waals surface area (Å²) in [5, 5.41) is 4.78. The second-order valence-electron chi connectivity index (χ2n) is 10.1. The topological polar surface area (TPSA) is 22.2 Å². The van der Waals surface area contributed by atoms with Gasteiger partial charge in [0.15, 0.2) is 0 Å². The van der Waals surface area contributed by atoms with Gasteiger partial charge in [-0.1, -0.05) is 98.1 Å². The fourth-order valence-corrected chi connectivity index (χ4v) is 6.28. The first-order chi connectivity index (χ1) is 19.8. The minimum absolute atomic E-state index is 0.935.